The quantitative estimate of drug-likeness (QED) is 0.477. The fraction of sp³-hybridized carbons (Fsp3) is 0.400. The molecule has 1 rings (SSSR count). The first-order chi connectivity index (χ1) is 5.82. The van der Waals surface area contributed by atoms with Gasteiger partial charge in [-0.25, -0.2) is 0 Å². The molecule has 3 heteroatoms. The van der Waals surface area contributed by atoms with E-state index >= 15 is 0 Å². The summed E-state index contributed by atoms with van der Waals surface area (Å²) in [4.78, 5) is 0. The van der Waals surface area contributed by atoms with Gasteiger partial charge in [0.1, 0.15) is 3.41 Å². The van der Waals surface area contributed by atoms with E-state index in [1.807, 2.05) is 0 Å². The van der Waals surface area contributed by atoms with Gasteiger partial charge in [0.2, 0.25) is 0 Å². The number of aryl methyl sites for hydroxylation is 3. The maximum atomic E-state index is 4.35. The number of benzene rings is 1. The fourth-order valence-electron chi connectivity index (χ4n) is 1.71. The van der Waals surface area contributed by atoms with Gasteiger partial charge >= 0.3 is 0 Å². The summed E-state index contributed by atoms with van der Waals surface area (Å²) in [5, 5.41) is 0. The Morgan fingerprint density at radius 2 is 1.31 bits per heavy atom. The van der Waals surface area contributed by atoms with Gasteiger partial charge in [-0.15, -0.1) is 37.9 Å². The summed E-state index contributed by atoms with van der Waals surface area (Å²) >= 11 is 13.0. The van der Waals surface area contributed by atoms with E-state index < -0.39 is 3.41 Å². The van der Waals surface area contributed by atoms with Gasteiger partial charge in [0, 0.05) is 0 Å². The van der Waals surface area contributed by atoms with Crippen molar-refractivity contribution in [3.63, 3.8) is 0 Å². The number of thiol groups is 3. The Kier molecular flexibility index (Phi) is 3.31. The minimum atomic E-state index is -0.651. The highest BCUT2D eigenvalue weighted by atomic mass is 32.2. The van der Waals surface area contributed by atoms with Gasteiger partial charge in [0.15, 0.2) is 0 Å². The Bertz CT molecular complexity index is 300. The van der Waals surface area contributed by atoms with Crippen LogP contribution in [0.25, 0.3) is 0 Å². The van der Waals surface area contributed by atoms with E-state index in [1.54, 1.807) is 0 Å². The largest absolute Gasteiger partial charge is 0.147 e. The summed E-state index contributed by atoms with van der Waals surface area (Å²) in [5.41, 5.74) is 4.74. The molecule has 0 atom stereocenters. The van der Waals surface area contributed by atoms with Crippen LogP contribution in [0.1, 0.15) is 22.3 Å². The highest BCUT2D eigenvalue weighted by Gasteiger charge is 2.21. The lowest BCUT2D eigenvalue weighted by molar-refractivity contribution is 1.18. The normalized spacial score (nSPS) is 11.8. The fourth-order valence-corrected chi connectivity index (χ4v) is 2.77. The van der Waals surface area contributed by atoms with E-state index in [2.05, 4.69) is 70.8 Å². The zero-order chi connectivity index (χ0) is 10.2. The van der Waals surface area contributed by atoms with Gasteiger partial charge in [-0.05, 0) is 37.5 Å². The van der Waals surface area contributed by atoms with Crippen molar-refractivity contribution in [1.29, 1.82) is 0 Å². The average molecular weight is 230 g/mol. The highest BCUT2D eigenvalue weighted by molar-refractivity contribution is 8.15. The second kappa shape index (κ2) is 3.79. The Hall–Kier alpha value is 0.270. The number of rotatable bonds is 1. The second-order valence-electron chi connectivity index (χ2n) is 3.41. The van der Waals surface area contributed by atoms with Gasteiger partial charge in [-0.1, -0.05) is 17.7 Å². The monoisotopic (exact) mass is 230 g/mol. The van der Waals surface area contributed by atoms with Crippen molar-refractivity contribution in [1.82, 2.24) is 0 Å². The van der Waals surface area contributed by atoms with Crippen molar-refractivity contribution < 1.29 is 0 Å². The standard InChI is InChI=1S/C10H14S3/c1-6-4-7(2)9(8(3)5-6)10(11,12)13/h4-5,11-13H,1-3H3. The van der Waals surface area contributed by atoms with Crippen LogP contribution in [0, 0.1) is 20.8 Å². The summed E-state index contributed by atoms with van der Waals surface area (Å²) in [7, 11) is 0. The van der Waals surface area contributed by atoms with Crippen LogP contribution in [-0.4, -0.2) is 0 Å². The summed E-state index contributed by atoms with van der Waals surface area (Å²) in [5.74, 6) is 0. The molecule has 1 aromatic rings. The van der Waals surface area contributed by atoms with Crippen LogP contribution in [-0.2, 0) is 3.41 Å². The lowest BCUT2D eigenvalue weighted by Gasteiger charge is -2.21. The van der Waals surface area contributed by atoms with E-state index in [-0.39, 0.29) is 0 Å². The molecule has 0 bridgehead atoms. The molecular formula is C10H14S3. The molecule has 0 aliphatic heterocycles. The minimum Gasteiger partial charge on any atom is -0.147 e. The second-order valence-corrected chi connectivity index (χ2v) is 6.48. The molecule has 72 valence electrons. The van der Waals surface area contributed by atoms with Crippen LogP contribution in [0.15, 0.2) is 12.1 Å². The Balaban J connectivity index is 3.38. The van der Waals surface area contributed by atoms with Crippen LogP contribution in [0.4, 0.5) is 0 Å². The van der Waals surface area contributed by atoms with E-state index in [9.17, 15) is 0 Å². The number of hydrogen-bond acceptors (Lipinski definition) is 3. The first-order valence-corrected chi connectivity index (χ1v) is 5.42. The predicted octanol–water partition coefficient (Wildman–Crippen LogP) is 3.51. The van der Waals surface area contributed by atoms with Crippen molar-refractivity contribution in [3.05, 3.63) is 34.4 Å². The van der Waals surface area contributed by atoms with E-state index in [4.69, 9.17) is 0 Å². The molecule has 0 aliphatic carbocycles. The first-order valence-electron chi connectivity index (χ1n) is 4.08. The van der Waals surface area contributed by atoms with E-state index in [1.165, 1.54) is 16.7 Å². The predicted molar refractivity (Wildman–Crippen MR) is 69.3 cm³/mol. The zero-order valence-corrected chi connectivity index (χ0v) is 10.7. The lowest BCUT2D eigenvalue weighted by atomic mass is 10.0. The molecule has 0 saturated heterocycles. The average Bonchev–Trinajstić information content (AvgIpc) is 1.78. The van der Waals surface area contributed by atoms with Crippen LogP contribution >= 0.6 is 37.9 Å². The Labute approximate surface area is 96.4 Å². The molecule has 0 radical (unpaired) electrons. The third kappa shape index (κ3) is 2.61. The molecule has 0 unspecified atom stereocenters. The van der Waals surface area contributed by atoms with Crippen LogP contribution in [0.5, 0.6) is 0 Å². The Morgan fingerprint density at radius 1 is 0.923 bits per heavy atom. The Morgan fingerprint density at radius 3 is 1.62 bits per heavy atom. The maximum Gasteiger partial charge on any atom is 0.124 e. The van der Waals surface area contributed by atoms with E-state index in [0.717, 1.165) is 5.56 Å². The molecule has 0 aromatic heterocycles. The SMILES string of the molecule is Cc1cc(C)c(C(S)(S)S)c(C)c1. The van der Waals surface area contributed by atoms with Crippen molar-refractivity contribution in [2.75, 3.05) is 0 Å². The van der Waals surface area contributed by atoms with Crippen LogP contribution in [0.3, 0.4) is 0 Å². The third-order valence-corrected chi connectivity index (χ3v) is 2.68. The summed E-state index contributed by atoms with van der Waals surface area (Å²) in [6.07, 6.45) is 0. The van der Waals surface area contributed by atoms with Gasteiger partial charge < -0.3 is 0 Å². The van der Waals surface area contributed by atoms with Crippen molar-refractivity contribution >= 4 is 37.9 Å². The van der Waals surface area contributed by atoms with Gasteiger partial charge in [-0.3, -0.25) is 0 Å². The van der Waals surface area contributed by atoms with Crippen molar-refractivity contribution in [2.45, 2.75) is 24.2 Å². The van der Waals surface area contributed by atoms with Crippen molar-refractivity contribution in [2.24, 2.45) is 0 Å². The van der Waals surface area contributed by atoms with Gasteiger partial charge in [0.05, 0.1) is 0 Å². The lowest BCUT2D eigenvalue weighted by Crippen LogP contribution is -2.06. The molecule has 0 aliphatic rings. The molecule has 0 amide bonds. The van der Waals surface area contributed by atoms with Gasteiger partial charge in [-0.2, -0.15) is 0 Å². The van der Waals surface area contributed by atoms with Crippen LogP contribution < -0.4 is 0 Å². The summed E-state index contributed by atoms with van der Waals surface area (Å²) < 4.78 is -0.651. The molecule has 0 heterocycles. The first kappa shape index (κ1) is 11.3. The molecule has 0 spiro atoms. The van der Waals surface area contributed by atoms with E-state index in [0.29, 0.717) is 0 Å². The van der Waals surface area contributed by atoms with Gasteiger partial charge in [0.25, 0.3) is 0 Å². The van der Waals surface area contributed by atoms with Crippen molar-refractivity contribution in [3.8, 4) is 0 Å². The smallest absolute Gasteiger partial charge is 0.124 e. The topological polar surface area (TPSA) is 0 Å². The maximum absolute atomic E-state index is 4.35. The molecule has 0 saturated carbocycles. The summed E-state index contributed by atoms with van der Waals surface area (Å²) in [6, 6.07) is 4.25. The summed E-state index contributed by atoms with van der Waals surface area (Å²) in [6.45, 7) is 6.21. The molecule has 0 N–H and O–H groups in total. The third-order valence-electron chi connectivity index (χ3n) is 2.01. The zero-order valence-electron chi connectivity index (χ0n) is 8.00. The number of hydrogen-bond donors (Lipinski definition) is 3. The molecule has 0 nitrogen and oxygen atoms in total. The minimum absolute atomic E-state index is 0.651. The molecule has 13 heavy (non-hydrogen) atoms. The van der Waals surface area contributed by atoms with Crippen LogP contribution in [0.2, 0.25) is 0 Å². The molecule has 0 fully saturated rings. The molecule has 1 aromatic carbocycles. The molecular weight excluding hydrogens is 216 g/mol. The highest BCUT2D eigenvalue weighted by Crippen LogP contribution is 2.40.